The number of H-pyrrole nitrogens is 1. The molecule has 0 spiro atoms. The van der Waals surface area contributed by atoms with Gasteiger partial charge in [-0.05, 0) is 25.6 Å². The first kappa shape index (κ1) is 6.29. The fraction of sp³-hybridized carbons (Fsp3) is 0.500. The normalized spacial score (nSPS) is 15.1. The van der Waals surface area contributed by atoms with E-state index >= 15 is 0 Å². The Morgan fingerprint density at radius 1 is 1.33 bits per heavy atom. The molecule has 0 radical (unpaired) electrons. The molecule has 0 aliphatic carbocycles. The molecule has 0 saturated carbocycles. The summed E-state index contributed by atoms with van der Waals surface area (Å²) in [6.07, 6.45) is 4.85. The van der Waals surface area contributed by atoms with Crippen molar-refractivity contribution in [1.82, 2.24) is 15.5 Å². The maximum atomic E-state index is 3.60. The smallest absolute Gasteiger partial charge is 0.0487 e. The van der Waals surface area contributed by atoms with Crippen LogP contribution >= 0.6 is 0 Å². The standard InChI is InChI=1S/C3H4N2.C3H7N/c1-2-4-5-3-1;1-2-4-3-1/h1-3H,(H,4,5);4H,1-3H2. The molecule has 0 amide bonds. The molecule has 0 unspecified atom stereocenters. The van der Waals surface area contributed by atoms with Crippen molar-refractivity contribution in [1.29, 1.82) is 0 Å². The zero-order valence-corrected chi connectivity index (χ0v) is 5.30. The van der Waals surface area contributed by atoms with Gasteiger partial charge in [-0.15, -0.1) is 0 Å². The number of nitrogens with zero attached hydrogens (tertiary/aromatic N) is 1. The minimum Gasteiger partial charge on any atom is -0.317 e. The van der Waals surface area contributed by atoms with Crippen molar-refractivity contribution >= 4 is 0 Å². The largest absolute Gasteiger partial charge is 0.317 e. The predicted octanol–water partition coefficient (Wildman–Crippen LogP) is 0.389. The number of aromatic amines is 1. The zero-order valence-electron chi connectivity index (χ0n) is 5.30. The highest BCUT2D eigenvalue weighted by atomic mass is 15.1. The van der Waals surface area contributed by atoms with Crippen molar-refractivity contribution in [2.75, 3.05) is 13.1 Å². The molecule has 1 saturated heterocycles. The summed E-state index contributed by atoms with van der Waals surface area (Å²) >= 11 is 0. The van der Waals surface area contributed by atoms with Crippen LogP contribution in [0.3, 0.4) is 0 Å². The maximum Gasteiger partial charge on any atom is 0.0487 e. The molecule has 1 fully saturated rings. The molecular weight excluding hydrogens is 114 g/mol. The molecule has 1 aromatic heterocycles. The van der Waals surface area contributed by atoms with Gasteiger partial charge in [0.15, 0.2) is 0 Å². The second kappa shape index (κ2) is 4.09. The Morgan fingerprint density at radius 2 is 2.00 bits per heavy atom. The first-order valence-electron chi connectivity index (χ1n) is 3.14. The SMILES string of the molecule is C1CNC1.c1cn[nH]c1. The van der Waals surface area contributed by atoms with Crippen LogP contribution in [0.5, 0.6) is 0 Å². The van der Waals surface area contributed by atoms with E-state index in [9.17, 15) is 0 Å². The van der Waals surface area contributed by atoms with E-state index in [0.717, 1.165) is 0 Å². The average molecular weight is 125 g/mol. The van der Waals surface area contributed by atoms with E-state index in [1.165, 1.54) is 19.5 Å². The van der Waals surface area contributed by atoms with Gasteiger partial charge in [0.1, 0.15) is 0 Å². The summed E-state index contributed by atoms with van der Waals surface area (Å²) in [5.41, 5.74) is 0. The van der Waals surface area contributed by atoms with E-state index in [-0.39, 0.29) is 0 Å². The van der Waals surface area contributed by atoms with Gasteiger partial charge in [-0.25, -0.2) is 0 Å². The van der Waals surface area contributed by atoms with E-state index in [1.54, 1.807) is 12.4 Å². The Kier molecular flexibility index (Phi) is 2.86. The summed E-state index contributed by atoms with van der Waals surface area (Å²) < 4.78 is 0. The molecule has 0 aromatic carbocycles. The van der Waals surface area contributed by atoms with Gasteiger partial charge in [-0.1, -0.05) is 0 Å². The third kappa shape index (κ3) is 2.87. The van der Waals surface area contributed by atoms with Crippen LogP contribution in [0.4, 0.5) is 0 Å². The molecule has 1 aliphatic heterocycles. The molecular formula is C6H11N3. The Morgan fingerprint density at radius 3 is 2.11 bits per heavy atom. The Balaban J connectivity index is 0.0000000922. The van der Waals surface area contributed by atoms with Crippen LogP contribution < -0.4 is 5.32 Å². The maximum absolute atomic E-state index is 3.60. The van der Waals surface area contributed by atoms with Crippen molar-refractivity contribution in [3.8, 4) is 0 Å². The van der Waals surface area contributed by atoms with E-state index in [1.807, 2.05) is 6.07 Å². The van der Waals surface area contributed by atoms with Crippen molar-refractivity contribution in [2.24, 2.45) is 0 Å². The summed E-state index contributed by atoms with van der Waals surface area (Å²) in [5, 5.41) is 9.32. The number of nitrogens with one attached hydrogen (secondary N) is 2. The van der Waals surface area contributed by atoms with Gasteiger partial charge in [0.2, 0.25) is 0 Å². The van der Waals surface area contributed by atoms with Crippen LogP contribution in [0.25, 0.3) is 0 Å². The first-order valence-corrected chi connectivity index (χ1v) is 3.14. The molecule has 0 atom stereocenters. The molecule has 3 heteroatoms. The zero-order chi connectivity index (χ0) is 6.36. The fourth-order valence-electron chi connectivity index (χ4n) is 0.392. The topological polar surface area (TPSA) is 40.7 Å². The summed E-state index contributed by atoms with van der Waals surface area (Å²) in [6, 6.07) is 1.83. The second-order valence-electron chi connectivity index (χ2n) is 1.87. The summed E-state index contributed by atoms with van der Waals surface area (Å²) in [4.78, 5) is 0. The summed E-state index contributed by atoms with van der Waals surface area (Å²) in [6.45, 7) is 2.50. The van der Waals surface area contributed by atoms with Crippen LogP contribution in [0.2, 0.25) is 0 Å². The van der Waals surface area contributed by atoms with Crippen molar-refractivity contribution < 1.29 is 0 Å². The summed E-state index contributed by atoms with van der Waals surface area (Å²) in [5.74, 6) is 0. The molecule has 9 heavy (non-hydrogen) atoms. The minimum absolute atomic E-state index is 1.25. The number of hydrogen-bond acceptors (Lipinski definition) is 2. The third-order valence-corrected chi connectivity index (χ3v) is 1.11. The average Bonchev–Trinajstić information content (AvgIpc) is 2.07. The van der Waals surface area contributed by atoms with Gasteiger partial charge in [-0.2, -0.15) is 5.10 Å². The highest BCUT2D eigenvalue weighted by Crippen LogP contribution is 1.80. The van der Waals surface area contributed by atoms with Crippen LogP contribution in [0.15, 0.2) is 18.5 Å². The minimum atomic E-state index is 1.25. The lowest BCUT2D eigenvalue weighted by atomic mass is 10.3. The Hall–Kier alpha value is -0.830. The van der Waals surface area contributed by atoms with E-state index in [0.29, 0.717) is 0 Å². The monoisotopic (exact) mass is 125 g/mol. The van der Waals surface area contributed by atoms with E-state index in [2.05, 4.69) is 15.5 Å². The Bertz CT molecular complexity index is 99.6. The van der Waals surface area contributed by atoms with Gasteiger partial charge in [-0.3, -0.25) is 5.10 Å². The lowest BCUT2D eigenvalue weighted by Gasteiger charge is -2.09. The molecule has 3 nitrogen and oxygen atoms in total. The third-order valence-electron chi connectivity index (χ3n) is 1.11. The Labute approximate surface area is 54.5 Å². The van der Waals surface area contributed by atoms with Crippen molar-refractivity contribution in [2.45, 2.75) is 6.42 Å². The molecule has 2 N–H and O–H groups in total. The van der Waals surface area contributed by atoms with Crippen molar-refractivity contribution in [3.63, 3.8) is 0 Å². The first-order chi connectivity index (χ1) is 4.50. The highest BCUT2D eigenvalue weighted by Gasteiger charge is 1.92. The molecule has 50 valence electrons. The molecule has 1 aromatic rings. The van der Waals surface area contributed by atoms with Crippen LogP contribution in [0, 0.1) is 0 Å². The molecule has 2 heterocycles. The number of rotatable bonds is 0. The second-order valence-corrected chi connectivity index (χ2v) is 1.87. The van der Waals surface area contributed by atoms with Crippen LogP contribution in [0.1, 0.15) is 6.42 Å². The van der Waals surface area contributed by atoms with Gasteiger partial charge in [0.05, 0.1) is 0 Å². The quantitative estimate of drug-likeness (QED) is 0.526. The van der Waals surface area contributed by atoms with E-state index in [4.69, 9.17) is 0 Å². The molecule has 0 bridgehead atoms. The van der Waals surface area contributed by atoms with E-state index < -0.39 is 0 Å². The highest BCUT2D eigenvalue weighted by molar-refractivity contribution is 4.72. The molecule has 1 aliphatic rings. The fourth-order valence-corrected chi connectivity index (χ4v) is 0.392. The number of hydrogen-bond donors (Lipinski definition) is 2. The molecule has 2 rings (SSSR count). The lowest BCUT2D eigenvalue weighted by Crippen LogP contribution is -2.29. The van der Waals surface area contributed by atoms with Gasteiger partial charge in [0.25, 0.3) is 0 Å². The van der Waals surface area contributed by atoms with Crippen molar-refractivity contribution in [3.05, 3.63) is 18.5 Å². The van der Waals surface area contributed by atoms with Gasteiger partial charge in [0, 0.05) is 12.4 Å². The van der Waals surface area contributed by atoms with Gasteiger partial charge >= 0.3 is 0 Å². The summed E-state index contributed by atoms with van der Waals surface area (Å²) in [7, 11) is 0. The van der Waals surface area contributed by atoms with Gasteiger partial charge < -0.3 is 5.32 Å². The lowest BCUT2D eigenvalue weighted by molar-refractivity contribution is 0.527. The van der Waals surface area contributed by atoms with Crippen LogP contribution in [-0.2, 0) is 0 Å². The predicted molar refractivity (Wildman–Crippen MR) is 36.1 cm³/mol. The number of aromatic nitrogens is 2. The van der Waals surface area contributed by atoms with Crippen LogP contribution in [-0.4, -0.2) is 23.3 Å².